The molecule has 1 aliphatic heterocycles. The molecule has 1 aliphatic rings. The first kappa shape index (κ1) is 17.7. The van der Waals surface area contributed by atoms with Crippen molar-refractivity contribution in [3.8, 4) is 11.3 Å². The number of rotatable bonds is 3. The van der Waals surface area contributed by atoms with Crippen molar-refractivity contribution in [1.29, 1.82) is 0 Å². The summed E-state index contributed by atoms with van der Waals surface area (Å²) in [5.41, 5.74) is 4.93. The summed E-state index contributed by atoms with van der Waals surface area (Å²) in [5, 5.41) is 1.13. The molecule has 0 amide bonds. The highest BCUT2D eigenvalue weighted by Gasteiger charge is 2.27. The predicted molar refractivity (Wildman–Crippen MR) is 114 cm³/mol. The number of nitrogens with one attached hydrogen (secondary N) is 1. The lowest BCUT2D eigenvalue weighted by Crippen LogP contribution is -2.28. The fourth-order valence-corrected chi connectivity index (χ4v) is 4.19. The molecule has 5 rings (SSSR count). The van der Waals surface area contributed by atoms with Crippen LogP contribution in [0, 0.1) is 0 Å². The molecule has 3 heterocycles. The Kier molecular flexibility index (Phi) is 4.19. The number of H-pyrrole nitrogens is 1. The molecule has 1 saturated heterocycles. The third-order valence-corrected chi connectivity index (χ3v) is 5.74. The van der Waals surface area contributed by atoms with Gasteiger partial charge in [0.25, 0.3) is 0 Å². The van der Waals surface area contributed by atoms with Crippen LogP contribution in [-0.2, 0) is 4.74 Å². The largest absolute Gasteiger partial charge is 0.465 e. The number of aromatic nitrogens is 3. The van der Waals surface area contributed by atoms with Crippen LogP contribution in [0.25, 0.3) is 33.2 Å². The third-order valence-electron chi connectivity index (χ3n) is 5.74. The zero-order valence-corrected chi connectivity index (χ0v) is 16.5. The minimum absolute atomic E-state index is 0.370. The number of ether oxygens (including phenoxy) is 1. The first-order valence-corrected chi connectivity index (χ1v) is 9.89. The topological polar surface area (TPSA) is 71.1 Å². The fraction of sp³-hybridized carbons (Fsp3) is 0.261. The summed E-state index contributed by atoms with van der Waals surface area (Å²) in [4.78, 5) is 27.6. The van der Waals surface area contributed by atoms with Gasteiger partial charge in [-0.15, -0.1) is 0 Å². The van der Waals surface area contributed by atoms with E-state index in [9.17, 15) is 4.79 Å². The average molecular weight is 386 g/mol. The number of para-hydroxylation sites is 1. The van der Waals surface area contributed by atoms with E-state index in [-0.39, 0.29) is 5.97 Å². The van der Waals surface area contributed by atoms with Crippen molar-refractivity contribution in [3.05, 3.63) is 54.2 Å². The average Bonchev–Trinajstić information content (AvgIpc) is 3.38. The van der Waals surface area contributed by atoms with E-state index >= 15 is 0 Å². The quantitative estimate of drug-likeness (QED) is 0.523. The molecule has 6 heteroatoms. The van der Waals surface area contributed by atoms with E-state index in [0.717, 1.165) is 52.9 Å². The summed E-state index contributed by atoms with van der Waals surface area (Å²) in [6, 6.07) is 14.0. The van der Waals surface area contributed by atoms with Crippen molar-refractivity contribution in [2.75, 3.05) is 18.6 Å². The second kappa shape index (κ2) is 6.88. The maximum absolute atomic E-state index is 12.0. The molecule has 1 atom stereocenters. The second-order valence-electron chi connectivity index (χ2n) is 7.52. The Hall–Kier alpha value is -3.41. The van der Waals surface area contributed by atoms with Gasteiger partial charge < -0.3 is 14.6 Å². The van der Waals surface area contributed by atoms with Crippen LogP contribution in [-0.4, -0.2) is 40.6 Å². The van der Waals surface area contributed by atoms with E-state index in [0.29, 0.717) is 17.1 Å². The van der Waals surface area contributed by atoms with E-state index in [1.54, 1.807) is 12.1 Å². The first-order valence-electron chi connectivity index (χ1n) is 9.89. The summed E-state index contributed by atoms with van der Waals surface area (Å²) in [6.45, 7) is 3.18. The number of benzene rings is 2. The number of hydrogen-bond donors (Lipinski definition) is 1. The highest BCUT2D eigenvalue weighted by Crippen LogP contribution is 2.37. The van der Waals surface area contributed by atoms with E-state index in [4.69, 9.17) is 14.7 Å². The van der Waals surface area contributed by atoms with Gasteiger partial charge in [0, 0.05) is 35.2 Å². The Labute approximate surface area is 168 Å². The van der Waals surface area contributed by atoms with E-state index < -0.39 is 0 Å². The van der Waals surface area contributed by atoms with E-state index in [2.05, 4.69) is 28.9 Å². The lowest BCUT2D eigenvalue weighted by molar-refractivity contribution is 0.0601. The van der Waals surface area contributed by atoms with Crippen LogP contribution in [0.15, 0.2) is 48.7 Å². The van der Waals surface area contributed by atoms with Crippen LogP contribution < -0.4 is 4.90 Å². The molecule has 146 valence electrons. The van der Waals surface area contributed by atoms with Gasteiger partial charge in [0.1, 0.15) is 5.69 Å². The van der Waals surface area contributed by atoms with Crippen molar-refractivity contribution < 1.29 is 9.53 Å². The maximum Gasteiger partial charge on any atom is 0.337 e. The zero-order valence-electron chi connectivity index (χ0n) is 16.5. The number of nitrogens with zero attached hydrogens (tertiary/aromatic N) is 3. The molecule has 0 unspecified atom stereocenters. The molecule has 1 N–H and O–H groups in total. The second-order valence-corrected chi connectivity index (χ2v) is 7.52. The Morgan fingerprint density at radius 3 is 2.83 bits per heavy atom. The smallest absolute Gasteiger partial charge is 0.337 e. The number of methoxy groups -OCH3 is 1. The molecule has 0 aliphatic carbocycles. The van der Waals surface area contributed by atoms with Crippen molar-refractivity contribution >= 4 is 33.7 Å². The Balaban J connectivity index is 1.76. The number of fused-ring (bicyclic) bond motifs is 2. The van der Waals surface area contributed by atoms with Crippen LogP contribution in [0.3, 0.4) is 0 Å². The lowest BCUT2D eigenvalue weighted by Gasteiger charge is -2.25. The normalized spacial score (nSPS) is 16.6. The molecular weight excluding hydrogens is 364 g/mol. The SMILES string of the molecule is COC(=O)c1ccc2nc(-c3c[nH]c4ccccc34)c(N3CCC[C@@H]3C)nc2c1. The molecular formula is C23H22N4O2. The van der Waals surface area contributed by atoms with Gasteiger partial charge in [-0.05, 0) is 44.0 Å². The molecule has 0 saturated carbocycles. The molecule has 2 aromatic heterocycles. The Morgan fingerprint density at radius 2 is 2.03 bits per heavy atom. The first-order chi connectivity index (χ1) is 14.2. The van der Waals surface area contributed by atoms with Gasteiger partial charge in [-0.1, -0.05) is 18.2 Å². The van der Waals surface area contributed by atoms with Crippen molar-refractivity contribution in [2.24, 2.45) is 0 Å². The number of esters is 1. The summed E-state index contributed by atoms with van der Waals surface area (Å²) in [7, 11) is 1.38. The number of aromatic amines is 1. The molecule has 0 bridgehead atoms. The number of carbonyl (C=O) groups excluding carboxylic acids is 1. The third kappa shape index (κ3) is 2.92. The van der Waals surface area contributed by atoms with Crippen LogP contribution >= 0.6 is 0 Å². The summed E-state index contributed by atoms with van der Waals surface area (Å²) in [5.74, 6) is 0.500. The molecule has 4 aromatic rings. The fourth-order valence-electron chi connectivity index (χ4n) is 4.19. The van der Waals surface area contributed by atoms with Gasteiger partial charge in [0.2, 0.25) is 0 Å². The van der Waals surface area contributed by atoms with Crippen molar-refractivity contribution in [1.82, 2.24) is 15.0 Å². The number of carbonyl (C=O) groups is 1. The zero-order chi connectivity index (χ0) is 20.0. The van der Waals surface area contributed by atoms with Gasteiger partial charge in [0.05, 0.1) is 23.7 Å². The van der Waals surface area contributed by atoms with Gasteiger partial charge in [-0.2, -0.15) is 0 Å². The molecule has 29 heavy (non-hydrogen) atoms. The summed E-state index contributed by atoms with van der Waals surface area (Å²) < 4.78 is 4.86. The van der Waals surface area contributed by atoms with E-state index in [1.807, 2.05) is 24.4 Å². The van der Waals surface area contributed by atoms with Gasteiger partial charge >= 0.3 is 5.97 Å². The maximum atomic E-state index is 12.0. The van der Waals surface area contributed by atoms with Crippen LogP contribution in [0.5, 0.6) is 0 Å². The number of anilines is 1. The lowest BCUT2D eigenvalue weighted by atomic mass is 10.1. The molecule has 0 radical (unpaired) electrons. The Morgan fingerprint density at radius 1 is 1.17 bits per heavy atom. The monoisotopic (exact) mass is 386 g/mol. The van der Waals surface area contributed by atoms with Crippen molar-refractivity contribution in [3.63, 3.8) is 0 Å². The van der Waals surface area contributed by atoms with Gasteiger partial charge in [-0.3, -0.25) is 0 Å². The van der Waals surface area contributed by atoms with Crippen LogP contribution in [0.4, 0.5) is 5.82 Å². The van der Waals surface area contributed by atoms with Crippen molar-refractivity contribution in [2.45, 2.75) is 25.8 Å². The summed E-state index contributed by atoms with van der Waals surface area (Å²) >= 11 is 0. The Bertz CT molecular complexity index is 1230. The van der Waals surface area contributed by atoms with Gasteiger partial charge in [-0.25, -0.2) is 14.8 Å². The highest BCUT2D eigenvalue weighted by atomic mass is 16.5. The van der Waals surface area contributed by atoms with Gasteiger partial charge in [0.15, 0.2) is 5.82 Å². The number of hydrogen-bond acceptors (Lipinski definition) is 5. The molecule has 6 nitrogen and oxygen atoms in total. The molecule has 2 aromatic carbocycles. The minimum atomic E-state index is -0.370. The minimum Gasteiger partial charge on any atom is -0.465 e. The summed E-state index contributed by atoms with van der Waals surface area (Å²) in [6.07, 6.45) is 4.28. The molecule has 1 fully saturated rings. The van der Waals surface area contributed by atoms with E-state index in [1.165, 1.54) is 7.11 Å². The van der Waals surface area contributed by atoms with Crippen LogP contribution in [0.1, 0.15) is 30.1 Å². The standard InChI is InChI=1S/C23H22N4O2/c1-14-6-5-11-27(14)22-21(17-13-24-18-8-4-3-7-16(17)18)25-19-10-9-15(23(28)29-2)12-20(19)26-22/h3-4,7-10,12-14,24H,5-6,11H2,1-2H3/t14-/m0/s1. The predicted octanol–water partition coefficient (Wildman–Crippen LogP) is 4.55. The molecule has 0 spiro atoms. The highest BCUT2D eigenvalue weighted by molar-refractivity contribution is 5.99. The van der Waals surface area contributed by atoms with Crippen LogP contribution in [0.2, 0.25) is 0 Å².